The van der Waals surface area contributed by atoms with Crippen LogP contribution in [0.4, 0.5) is 11.4 Å². The summed E-state index contributed by atoms with van der Waals surface area (Å²) in [4.78, 5) is 56.6. The van der Waals surface area contributed by atoms with E-state index in [9.17, 15) is 29.7 Å². The molecular weight excluding hydrogens is 648 g/mol. The molecule has 0 aliphatic carbocycles. The van der Waals surface area contributed by atoms with Gasteiger partial charge in [0.2, 0.25) is 11.8 Å². The Bertz CT molecular complexity index is 1480. The number of carbonyl (C=O) groups excluding carboxylic acids is 4. The van der Waals surface area contributed by atoms with Crippen molar-refractivity contribution in [2.75, 3.05) is 77.4 Å². The number of carbonyl (C=O) groups is 4. The van der Waals surface area contributed by atoms with Crippen molar-refractivity contribution in [2.45, 2.75) is 46.0 Å². The summed E-state index contributed by atoms with van der Waals surface area (Å²) in [5.41, 5.74) is 3.28. The molecule has 272 valence electrons. The lowest BCUT2D eigenvalue weighted by Crippen LogP contribution is -2.32. The molecule has 2 rings (SSSR count). The van der Waals surface area contributed by atoms with Gasteiger partial charge in [0.1, 0.15) is 23.3 Å². The van der Waals surface area contributed by atoms with Gasteiger partial charge < -0.3 is 29.1 Å². The fraction of sp³-hybridized carbons (Fsp3) is 0.436. The minimum Gasteiger partial charge on any atom is -0.462 e. The first-order valence-electron chi connectivity index (χ1n) is 17.1. The number of hydrogen-bond donors (Lipinski definition) is 0. The van der Waals surface area contributed by atoms with Crippen molar-refractivity contribution in [3.63, 3.8) is 0 Å². The maximum atomic E-state index is 12.7. The van der Waals surface area contributed by atoms with Crippen molar-refractivity contribution in [2.24, 2.45) is 0 Å². The minimum atomic E-state index is -0.642. The average molecular weight is 699 g/mol. The quantitative estimate of drug-likeness (QED) is 0.104. The number of amides is 2. The van der Waals surface area contributed by atoms with Crippen molar-refractivity contribution in [1.82, 2.24) is 9.80 Å². The predicted molar refractivity (Wildman–Crippen MR) is 198 cm³/mol. The van der Waals surface area contributed by atoms with Gasteiger partial charge in [0.25, 0.3) is 0 Å². The van der Waals surface area contributed by atoms with Gasteiger partial charge in [0, 0.05) is 78.6 Å². The molecule has 0 aromatic heterocycles. The van der Waals surface area contributed by atoms with E-state index >= 15 is 0 Å². The lowest BCUT2D eigenvalue weighted by Gasteiger charge is -2.23. The highest BCUT2D eigenvalue weighted by Gasteiger charge is 2.14. The Labute approximate surface area is 302 Å². The van der Waals surface area contributed by atoms with Gasteiger partial charge in [-0.2, -0.15) is 10.5 Å². The van der Waals surface area contributed by atoms with E-state index in [2.05, 4.69) is 9.80 Å². The van der Waals surface area contributed by atoms with Crippen molar-refractivity contribution in [3.8, 4) is 12.1 Å². The molecule has 2 amide bonds. The molecule has 0 aliphatic rings. The second-order valence-corrected chi connectivity index (χ2v) is 12.0. The van der Waals surface area contributed by atoms with Gasteiger partial charge in [-0.1, -0.05) is 24.3 Å². The molecule has 0 heterocycles. The minimum absolute atomic E-state index is 0.00650. The number of rotatable bonds is 20. The van der Waals surface area contributed by atoms with E-state index in [4.69, 9.17) is 9.47 Å². The molecule has 0 radical (unpaired) electrons. The van der Waals surface area contributed by atoms with Crippen LogP contribution in [0.25, 0.3) is 12.2 Å². The number of benzene rings is 2. The summed E-state index contributed by atoms with van der Waals surface area (Å²) < 4.78 is 9.81. The molecule has 51 heavy (non-hydrogen) atoms. The topological polar surface area (TPSA) is 147 Å². The Hall–Kier alpha value is -5.62. The van der Waals surface area contributed by atoms with E-state index in [1.54, 1.807) is 37.7 Å². The fourth-order valence-electron chi connectivity index (χ4n) is 5.05. The number of nitrogens with zero attached hydrogens (tertiary/aromatic N) is 6. The summed E-state index contributed by atoms with van der Waals surface area (Å²) in [7, 11) is 7.49. The molecule has 0 saturated carbocycles. The summed E-state index contributed by atoms with van der Waals surface area (Å²) in [5.74, 6) is -1.27. The number of hydrogen-bond acceptors (Lipinski definition) is 10. The molecule has 0 spiro atoms. The molecular formula is C39H50N6O6. The summed E-state index contributed by atoms with van der Waals surface area (Å²) in [6.45, 7) is 6.40. The third-order valence-corrected chi connectivity index (χ3v) is 8.13. The van der Waals surface area contributed by atoms with Gasteiger partial charge in [0.15, 0.2) is 0 Å². The van der Waals surface area contributed by atoms with Crippen LogP contribution in [0, 0.1) is 22.7 Å². The Kier molecular flexibility index (Phi) is 18.1. The van der Waals surface area contributed by atoms with Gasteiger partial charge in [-0.25, -0.2) is 9.59 Å². The lowest BCUT2D eigenvalue weighted by molar-refractivity contribution is -0.138. The van der Waals surface area contributed by atoms with Crippen LogP contribution < -0.4 is 9.80 Å². The van der Waals surface area contributed by atoms with Crippen LogP contribution in [0.2, 0.25) is 0 Å². The van der Waals surface area contributed by atoms with Crippen LogP contribution in [-0.2, 0) is 28.7 Å². The van der Waals surface area contributed by atoms with Gasteiger partial charge >= 0.3 is 11.9 Å². The molecule has 2 aromatic rings. The van der Waals surface area contributed by atoms with Crippen LogP contribution in [0.1, 0.15) is 57.1 Å². The first-order chi connectivity index (χ1) is 24.4. The van der Waals surface area contributed by atoms with Crippen LogP contribution in [0.15, 0.2) is 59.7 Å². The van der Waals surface area contributed by atoms with Gasteiger partial charge in [-0.15, -0.1) is 0 Å². The number of nitriles is 2. The Balaban J connectivity index is 1.69. The summed E-state index contributed by atoms with van der Waals surface area (Å²) in [5, 5.41) is 18.5. The molecule has 2 aromatic carbocycles. The monoisotopic (exact) mass is 698 g/mol. The average Bonchev–Trinajstić information content (AvgIpc) is 3.12. The van der Waals surface area contributed by atoms with Crippen LogP contribution in [0.5, 0.6) is 0 Å². The van der Waals surface area contributed by atoms with Gasteiger partial charge in [-0.05, 0) is 80.7 Å². The van der Waals surface area contributed by atoms with Crippen LogP contribution >= 0.6 is 0 Å². The highest BCUT2D eigenvalue weighted by Crippen LogP contribution is 2.18. The zero-order valence-electron chi connectivity index (χ0n) is 30.7. The van der Waals surface area contributed by atoms with Gasteiger partial charge in [-0.3, -0.25) is 9.59 Å². The zero-order chi connectivity index (χ0) is 37.8. The molecule has 0 saturated heterocycles. The second-order valence-electron chi connectivity index (χ2n) is 12.0. The molecule has 0 aliphatic heterocycles. The van der Waals surface area contributed by atoms with Crippen molar-refractivity contribution in [3.05, 3.63) is 70.8 Å². The molecule has 12 heteroatoms. The normalized spacial score (nSPS) is 11.1. The SMILES string of the molecule is CCOC(=O)C(C#N)=Cc1ccc(N(C)CCCN(C)C(=O)CCCC(=O)N(C)CCCN(C)c2ccc(C=C(C#N)C(=O)OCC)cc2)cc1. The standard InChI is InChI=1S/C39H50N6O6/c1-7-50-38(48)32(28-40)26-30-14-18-34(19-15-30)42(3)22-10-24-44(5)36(46)12-9-13-37(47)45(6)25-11-23-43(4)35-20-16-31(17-21-35)27-33(29-41)39(49)51-8-2/h14-21,26-27H,7-13,22-25H2,1-6H3. The maximum absolute atomic E-state index is 12.7. The van der Waals surface area contributed by atoms with E-state index in [-0.39, 0.29) is 36.2 Å². The Morgan fingerprint density at radius 3 is 1.25 bits per heavy atom. The second kappa shape index (κ2) is 22.2. The van der Waals surface area contributed by atoms with Crippen LogP contribution in [0.3, 0.4) is 0 Å². The van der Waals surface area contributed by atoms with E-state index in [0.717, 1.165) is 48.4 Å². The van der Waals surface area contributed by atoms with Gasteiger partial charge in [0.05, 0.1) is 13.2 Å². The van der Waals surface area contributed by atoms with E-state index in [1.807, 2.05) is 74.8 Å². The predicted octanol–water partition coefficient (Wildman–Crippen LogP) is 5.07. The third kappa shape index (κ3) is 14.4. The zero-order valence-corrected chi connectivity index (χ0v) is 30.7. The van der Waals surface area contributed by atoms with Crippen molar-refractivity contribution in [1.29, 1.82) is 10.5 Å². The van der Waals surface area contributed by atoms with Crippen molar-refractivity contribution >= 4 is 47.3 Å². The maximum Gasteiger partial charge on any atom is 0.348 e. The third-order valence-electron chi connectivity index (χ3n) is 8.13. The van der Waals surface area contributed by atoms with E-state index in [0.29, 0.717) is 32.4 Å². The first kappa shape index (κ1) is 41.6. The van der Waals surface area contributed by atoms with Crippen LogP contribution in [-0.4, -0.2) is 101 Å². The molecule has 12 nitrogen and oxygen atoms in total. The number of anilines is 2. The first-order valence-corrected chi connectivity index (χ1v) is 17.1. The molecule has 0 fully saturated rings. The van der Waals surface area contributed by atoms with E-state index < -0.39 is 11.9 Å². The Morgan fingerprint density at radius 1 is 0.588 bits per heavy atom. The summed E-state index contributed by atoms with van der Waals surface area (Å²) >= 11 is 0. The molecule has 0 unspecified atom stereocenters. The molecule has 0 N–H and O–H groups in total. The largest absolute Gasteiger partial charge is 0.462 e. The number of esters is 2. The molecule has 0 bridgehead atoms. The smallest absolute Gasteiger partial charge is 0.348 e. The number of ether oxygens (including phenoxy) is 2. The summed E-state index contributed by atoms with van der Waals surface area (Å²) in [6.07, 6.45) is 5.63. The fourth-order valence-corrected chi connectivity index (χ4v) is 5.05. The summed E-state index contributed by atoms with van der Waals surface area (Å²) in [6, 6.07) is 18.7. The highest BCUT2D eigenvalue weighted by atomic mass is 16.5. The lowest BCUT2D eigenvalue weighted by atomic mass is 10.1. The van der Waals surface area contributed by atoms with Crippen molar-refractivity contribution < 1.29 is 28.7 Å². The Morgan fingerprint density at radius 2 is 0.941 bits per heavy atom. The molecule has 0 atom stereocenters. The highest BCUT2D eigenvalue weighted by molar-refractivity contribution is 5.98. The van der Waals surface area contributed by atoms with E-state index in [1.165, 1.54) is 12.2 Å².